The van der Waals surface area contributed by atoms with Crippen molar-refractivity contribution in [1.82, 2.24) is 14.7 Å². The van der Waals surface area contributed by atoms with E-state index in [0.717, 1.165) is 10.6 Å². The fourth-order valence-corrected chi connectivity index (χ4v) is 2.09. The Bertz CT molecular complexity index is 740. The number of aliphatic carboxylic acids is 1. The quantitative estimate of drug-likeness (QED) is 0.833. The third-order valence-corrected chi connectivity index (χ3v) is 3.73. The topological polar surface area (TPSA) is 84.7 Å². The normalized spacial score (nSPS) is 12.0. The van der Waals surface area contributed by atoms with Crippen molar-refractivity contribution < 1.29 is 19.4 Å². The minimum Gasteiger partial charge on any atom is -0.489 e. The SMILES string of the molecule is CC(C)COc1cn(-c2ccccc2)nc1C(=O)N(C)C(C)C(=O)O. The summed E-state index contributed by atoms with van der Waals surface area (Å²) in [5.41, 5.74) is 0.880. The summed E-state index contributed by atoms with van der Waals surface area (Å²) in [5.74, 6) is -0.961. The van der Waals surface area contributed by atoms with Crippen molar-refractivity contribution in [2.24, 2.45) is 5.92 Å². The Balaban J connectivity index is 2.38. The standard InChI is InChI=1S/C18H23N3O4/c1-12(2)11-25-15-10-21(14-8-6-5-7-9-14)19-16(15)17(22)20(4)13(3)18(23)24/h5-10,12-13H,11H2,1-4H3,(H,23,24). The molecule has 0 bridgehead atoms. The smallest absolute Gasteiger partial charge is 0.326 e. The molecule has 1 atom stereocenters. The van der Waals surface area contributed by atoms with Gasteiger partial charge in [0.25, 0.3) is 5.91 Å². The van der Waals surface area contributed by atoms with E-state index in [1.807, 2.05) is 44.2 Å². The Kier molecular flexibility index (Phi) is 5.80. The zero-order chi connectivity index (χ0) is 18.6. The van der Waals surface area contributed by atoms with Crippen molar-refractivity contribution >= 4 is 11.9 Å². The lowest BCUT2D eigenvalue weighted by molar-refractivity contribution is -0.141. The van der Waals surface area contributed by atoms with Crippen LogP contribution in [0, 0.1) is 5.92 Å². The summed E-state index contributed by atoms with van der Waals surface area (Å²) in [6.45, 7) is 5.88. The first-order valence-corrected chi connectivity index (χ1v) is 8.09. The van der Waals surface area contributed by atoms with Crippen molar-refractivity contribution in [2.75, 3.05) is 13.7 Å². The molecule has 1 aromatic carbocycles. The molecule has 1 aromatic heterocycles. The summed E-state index contributed by atoms with van der Waals surface area (Å²) in [7, 11) is 1.44. The summed E-state index contributed by atoms with van der Waals surface area (Å²) >= 11 is 0. The van der Waals surface area contributed by atoms with Crippen molar-refractivity contribution in [2.45, 2.75) is 26.8 Å². The van der Waals surface area contributed by atoms with E-state index in [9.17, 15) is 9.59 Å². The fourth-order valence-electron chi connectivity index (χ4n) is 2.09. The van der Waals surface area contributed by atoms with Crippen LogP contribution in [-0.2, 0) is 4.79 Å². The van der Waals surface area contributed by atoms with Gasteiger partial charge in [0, 0.05) is 7.05 Å². The van der Waals surface area contributed by atoms with E-state index in [1.54, 1.807) is 10.9 Å². The van der Waals surface area contributed by atoms with Crippen molar-refractivity contribution in [3.63, 3.8) is 0 Å². The number of benzene rings is 1. The van der Waals surface area contributed by atoms with Crippen LogP contribution < -0.4 is 4.74 Å². The molecule has 0 spiro atoms. The highest BCUT2D eigenvalue weighted by atomic mass is 16.5. The Hall–Kier alpha value is -2.83. The van der Waals surface area contributed by atoms with Gasteiger partial charge in [-0.3, -0.25) is 4.79 Å². The lowest BCUT2D eigenvalue weighted by Gasteiger charge is -2.20. The Morgan fingerprint density at radius 1 is 1.24 bits per heavy atom. The molecule has 25 heavy (non-hydrogen) atoms. The van der Waals surface area contributed by atoms with Crippen LogP contribution in [0.25, 0.3) is 5.69 Å². The number of rotatable bonds is 7. The van der Waals surface area contributed by atoms with Crippen molar-refractivity contribution in [1.29, 1.82) is 0 Å². The number of hydrogen-bond acceptors (Lipinski definition) is 4. The number of nitrogens with zero attached hydrogens (tertiary/aromatic N) is 3. The summed E-state index contributed by atoms with van der Waals surface area (Å²) in [5, 5.41) is 13.5. The second-order valence-corrected chi connectivity index (χ2v) is 6.26. The van der Waals surface area contributed by atoms with Crippen LogP contribution in [0.2, 0.25) is 0 Å². The molecule has 0 aliphatic rings. The molecule has 0 aliphatic carbocycles. The molecule has 2 aromatic rings. The van der Waals surface area contributed by atoms with E-state index in [4.69, 9.17) is 9.84 Å². The van der Waals surface area contributed by atoms with Gasteiger partial charge in [0.2, 0.25) is 0 Å². The van der Waals surface area contributed by atoms with Gasteiger partial charge in [-0.25, -0.2) is 9.48 Å². The Morgan fingerprint density at radius 2 is 1.88 bits per heavy atom. The number of para-hydroxylation sites is 1. The molecular formula is C18H23N3O4. The van der Waals surface area contributed by atoms with Gasteiger partial charge >= 0.3 is 5.97 Å². The molecule has 0 saturated heterocycles. The largest absolute Gasteiger partial charge is 0.489 e. The van der Waals surface area contributed by atoms with E-state index >= 15 is 0 Å². The third kappa shape index (κ3) is 4.37. The maximum atomic E-state index is 12.7. The highest BCUT2D eigenvalue weighted by Gasteiger charge is 2.28. The molecule has 1 N–H and O–H groups in total. The molecule has 1 amide bonds. The van der Waals surface area contributed by atoms with Gasteiger partial charge in [0.1, 0.15) is 6.04 Å². The van der Waals surface area contributed by atoms with Gasteiger partial charge in [-0.05, 0) is 25.0 Å². The Labute approximate surface area is 146 Å². The molecule has 0 aliphatic heterocycles. The van der Waals surface area contributed by atoms with Crippen LogP contribution in [0.5, 0.6) is 5.75 Å². The zero-order valence-electron chi connectivity index (χ0n) is 14.8. The maximum Gasteiger partial charge on any atom is 0.326 e. The van der Waals surface area contributed by atoms with Gasteiger partial charge in [0.05, 0.1) is 18.5 Å². The van der Waals surface area contributed by atoms with Crippen LogP contribution in [0.4, 0.5) is 0 Å². The lowest BCUT2D eigenvalue weighted by atomic mass is 10.2. The molecular weight excluding hydrogens is 322 g/mol. The van der Waals surface area contributed by atoms with Gasteiger partial charge in [-0.1, -0.05) is 32.0 Å². The molecule has 1 unspecified atom stereocenters. The van der Waals surface area contributed by atoms with E-state index in [1.165, 1.54) is 14.0 Å². The first-order valence-electron chi connectivity index (χ1n) is 8.09. The van der Waals surface area contributed by atoms with Gasteiger partial charge < -0.3 is 14.7 Å². The van der Waals surface area contributed by atoms with Gasteiger partial charge in [-0.2, -0.15) is 5.10 Å². The summed E-state index contributed by atoms with van der Waals surface area (Å²) < 4.78 is 7.29. The summed E-state index contributed by atoms with van der Waals surface area (Å²) in [4.78, 5) is 25.0. The number of likely N-dealkylation sites (N-methyl/N-ethyl adjacent to an activating group) is 1. The summed E-state index contributed by atoms with van der Waals surface area (Å²) in [6, 6.07) is 8.37. The molecule has 0 fully saturated rings. The zero-order valence-corrected chi connectivity index (χ0v) is 14.8. The van der Waals surface area contributed by atoms with Crippen LogP contribution in [-0.4, -0.2) is 51.4 Å². The number of carbonyl (C=O) groups is 2. The highest BCUT2D eigenvalue weighted by molar-refractivity contribution is 5.97. The number of hydrogen-bond donors (Lipinski definition) is 1. The van der Waals surface area contributed by atoms with Crippen molar-refractivity contribution in [3.8, 4) is 11.4 Å². The van der Waals surface area contributed by atoms with Crippen LogP contribution >= 0.6 is 0 Å². The maximum absolute atomic E-state index is 12.7. The van der Waals surface area contributed by atoms with Gasteiger partial charge in [-0.15, -0.1) is 0 Å². The number of ether oxygens (including phenoxy) is 1. The third-order valence-electron chi connectivity index (χ3n) is 3.73. The number of carboxylic acids is 1. The number of carboxylic acid groups (broad SMARTS) is 1. The predicted molar refractivity (Wildman–Crippen MR) is 93.1 cm³/mol. The second kappa shape index (κ2) is 7.83. The van der Waals surface area contributed by atoms with Crippen LogP contribution in [0.3, 0.4) is 0 Å². The lowest BCUT2D eigenvalue weighted by Crippen LogP contribution is -2.40. The molecule has 0 saturated carbocycles. The minimum absolute atomic E-state index is 0.0973. The molecule has 7 nitrogen and oxygen atoms in total. The molecule has 7 heteroatoms. The van der Waals surface area contributed by atoms with Crippen LogP contribution in [0.15, 0.2) is 36.5 Å². The van der Waals surface area contributed by atoms with E-state index < -0.39 is 17.9 Å². The first-order chi connectivity index (χ1) is 11.8. The number of amides is 1. The first kappa shape index (κ1) is 18.5. The van der Waals surface area contributed by atoms with E-state index in [2.05, 4.69) is 5.10 Å². The molecule has 0 radical (unpaired) electrons. The van der Waals surface area contributed by atoms with Crippen molar-refractivity contribution in [3.05, 3.63) is 42.2 Å². The van der Waals surface area contributed by atoms with E-state index in [-0.39, 0.29) is 11.6 Å². The summed E-state index contributed by atoms with van der Waals surface area (Å²) in [6.07, 6.45) is 1.64. The average molecular weight is 345 g/mol. The molecule has 134 valence electrons. The fraction of sp³-hybridized carbons (Fsp3) is 0.389. The second-order valence-electron chi connectivity index (χ2n) is 6.26. The average Bonchev–Trinajstić information content (AvgIpc) is 3.02. The van der Waals surface area contributed by atoms with Crippen LogP contribution in [0.1, 0.15) is 31.3 Å². The van der Waals surface area contributed by atoms with E-state index in [0.29, 0.717) is 12.4 Å². The van der Waals surface area contributed by atoms with Gasteiger partial charge in [0.15, 0.2) is 11.4 Å². The minimum atomic E-state index is -1.08. The molecule has 1 heterocycles. The number of aromatic nitrogens is 2. The monoisotopic (exact) mass is 345 g/mol. The molecule has 2 rings (SSSR count). The predicted octanol–water partition coefficient (Wildman–Crippen LogP) is 2.45. The highest BCUT2D eigenvalue weighted by Crippen LogP contribution is 2.22. The Morgan fingerprint density at radius 3 is 2.44 bits per heavy atom. The number of carbonyl (C=O) groups excluding carboxylic acids is 1.